The zero-order valence-corrected chi connectivity index (χ0v) is 16.0. The molecule has 0 aliphatic heterocycles. The molecule has 2 aromatic rings. The minimum Gasteiger partial charge on any atom is -0.294 e. The van der Waals surface area contributed by atoms with Crippen molar-refractivity contribution in [1.29, 1.82) is 0 Å². The second-order valence-corrected chi connectivity index (χ2v) is 8.84. The molecule has 0 radical (unpaired) electrons. The molecule has 3 aliphatic carbocycles. The van der Waals surface area contributed by atoms with Gasteiger partial charge in [-0.2, -0.15) is 18.3 Å². The van der Waals surface area contributed by atoms with Gasteiger partial charge in [-0.15, -0.1) is 0 Å². The van der Waals surface area contributed by atoms with Crippen LogP contribution in [-0.2, 0) is 23.7 Å². The number of carbonyl (C=O) groups is 1. The predicted molar refractivity (Wildman–Crippen MR) is 98.6 cm³/mol. The number of allylic oxidation sites excluding steroid dienone is 2. The van der Waals surface area contributed by atoms with Crippen molar-refractivity contribution in [3.8, 4) is 11.3 Å². The molecule has 28 heavy (non-hydrogen) atoms. The quantitative estimate of drug-likeness (QED) is 0.708. The highest BCUT2D eigenvalue weighted by Crippen LogP contribution is 2.79. The predicted octanol–water partition coefficient (Wildman–Crippen LogP) is 4.76. The molecule has 146 valence electrons. The third-order valence-electron chi connectivity index (χ3n) is 7.55. The molecule has 1 spiro atoms. The molecule has 1 aromatic heterocycles. The highest BCUT2D eigenvalue weighted by molar-refractivity contribution is 6.06. The van der Waals surface area contributed by atoms with Gasteiger partial charge in [0.15, 0.2) is 5.78 Å². The number of ketones is 1. The number of halogens is 3. The van der Waals surface area contributed by atoms with Gasteiger partial charge >= 0.3 is 6.18 Å². The summed E-state index contributed by atoms with van der Waals surface area (Å²) in [5.41, 5.74) is 0.312. The Hall–Kier alpha value is -2.37. The Labute approximate surface area is 161 Å². The van der Waals surface area contributed by atoms with E-state index >= 15 is 0 Å². The summed E-state index contributed by atoms with van der Waals surface area (Å²) >= 11 is 0. The van der Waals surface area contributed by atoms with Gasteiger partial charge in [-0.05, 0) is 31.6 Å². The molecule has 5 rings (SSSR count). The first kappa shape index (κ1) is 17.7. The molecule has 3 atom stereocenters. The normalized spacial score (nSPS) is 33.6. The summed E-state index contributed by atoms with van der Waals surface area (Å²) in [6.45, 7) is 3.55. The number of rotatable bonds is 1. The number of alkyl halides is 3. The van der Waals surface area contributed by atoms with Crippen molar-refractivity contribution in [2.24, 2.45) is 17.9 Å². The van der Waals surface area contributed by atoms with Crippen LogP contribution in [0.25, 0.3) is 11.3 Å². The zero-order valence-electron chi connectivity index (χ0n) is 16.0. The van der Waals surface area contributed by atoms with Crippen molar-refractivity contribution < 1.29 is 18.0 Å². The van der Waals surface area contributed by atoms with Crippen LogP contribution in [0.4, 0.5) is 13.2 Å². The maximum Gasteiger partial charge on any atom is 0.419 e. The van der Waals surface area contributed by atoms with Gasteiger partial charge in [0.1, 0.15) is 0 Å². The number of fused-ring (bicyclic) bond motifs is 2. The first-order valence-corrected chi connectivity index (χ1v) is 9.52. The van der Waals surface area contributed by atoms with E-state index in [0.29, 0.717) is 18.5 Å². The first-order chi connectivity index (χ1) is 13.1. The molecule has 0 bridgehead atoms. The van der Waals surface area contributed by atoms with Gasteiger partial charge in [-0.25, -0.2) is 0 Å². The van der Waals surface area contributed by atoms with Crippen LogP contribution in [0.15, 0.2) is 42.0 Å². The van der Waals surface area contributed by atoms with Crippen LogP contribution in [0.1, 0.15) is 37.9 Å². The van der Waals surface area contributed by atoms with Gasteiger partial charge in [-0.1, -0.05) is 43.3 Å². The molecule has 0 saturated heterocycles. The standard InChI is InChI=1S/C22H21F3N2O/c1-19-11-15(22(23,24)25)18(28)20(2)12-21(19,20)10-9-14-16(27(3)26-17(14)19)13-7-5-4-6-8-13/h4-8,11H,9-10,12H2,1-3H3. The average molecular weight is 386 g/mol. The minimum absolute atomic E-state index is 0.471. The lowest BCUT2D eigenvalue weighted by atomic mass is 9.57. The van der Waals surface area contributed by atoms with E-state index in [0.717, 1.165) is 23.2 Å². The number of carbonyl (C=O) groups excluding carboxylic acids is 1. The molecule has 0 amide bonds. The minimum atomic E-state index is -4.65. The fraction of sp³-hybridized carbons (Fsp3) is 0.455. The van der Waals surface area contributed by atoms with Gasteiger partial charge in [0.25, 0.3) is 0 Å². The molecule has 6 heteroatoms. The molecular formula is C22H21F3N2O. The summed E-state index contributed by atoms with van der Waals surface area (Å²) in [7, 11) is 1.84. The van der Waals surface area contributed by atoms with E-state index in [-0.39, 0.29) is 0 Å². The van der Waals surface area contributed by atoms with Crippen LogP contribution in [-0.4, -0.2) is 21.7 Å². The van der Waals surface area contributed by atoms with Gasteiger partial charge in [-0.3, -0.25) is 9.48 Å². The lowest BCUT2D eigenvalue weighted by Crippen LogP contribution is -2.47. The highest BCUT2D eigenvalue weighted by atomic mass is 19.4. The van der Waals surface area contributed by atoms with Gasteiger partial charge in [0, 0.05) is 29.0 Å². The van der Waals surface area contributed by atoms with E-state index < -0.39 is 33.8 Å². The lowest BCUT2D eigenvalue weighted by molar-refractivity contribution is -0.136. The Morgan fingerprint density at radius 3 is 2.46 bits per heavy atom. The number of aryl methyl sites for hydroxylation is 1. The Morgan fingerprint density at radius 1 is 1.14 bits per heavy atom. The van der Waals surface area contributed by atoms with Crippen LogP contribution < -0.4 is 0 Å². The largest absolute Gasteiger partial charge is 0.419 e. The Kier molecular flexibility index (Phi) is 3.14. The molecule has 1 heterocycles. The average Bonchev–Trinajstić information content (AvgIpc) is 3.12. The second kappa shape index (κ2) is 4.97. The number of benzene rings is 1. The van der Waals surface area contributed by atoms with E-state index in [2.05, 4.69) is 0 Å². The van der Waals surface area contributed by atoms with Crippen LogP contribution in [0.3, 0.4) is 0 Å². The summed E-state index contributed by atoms with van der Waals surface area (Å²) < 4.78 is 42.9. The summed E-state index contributed by atoms with van der Waals surface area (Å²) in [5, 5.41) is 4.72. The van der Waals surface area contributed by atoms with Crippen LogP contribution in [0.2, 0.25) is 0 Å². The van der Waals surface area contributed by atoms with Crippen molar-refractivity contribution in [1.82, 2.24) is 9.78 Å². The third kappa shape index (κ3) is 1.86. The van der Waals surface area contributed by atoms with E-state index in [9.17, 15) is 18.0 Å². The van der Waals surface area contributed by atoms with E-state index in [1.165, 1.54) is 6.08 Å². The topological polar surface area (TPSA) is 34.9 Å². The van der Waals surface area contributed by atoms with Gasteiger partial charge in [0.05, 0.1) is 17.0 Å². The lowest BCUT2D eigenvalue weighted by Gasteiger charge is -2.45. The van der Waals surface area contributed by atoms with Crippen molar-refractivity contribution >= 4 is 5.78 Å². The molecular weight excluding hydrogens is 365 g/mol. The highest BCUT2D eigenvalue weighted by Gasteiger charge is 2.79. The molecule has 3 aliphatic rings. The Bertz CT molecular complexity index is 1050. The van der Waals surface area contributed by atoms with Gasteiger partial charge < -0.3 is 0 Å². The molecule has 3 unspecified atom stereocenters. The third-order valence-corrected chi connectivity index (χ3v) is 7.55. The smallest absolute Gasteiger partial charge is 0.294 e. The van der Waals surface area contributed by atoms with Crippen molar-refractivity contribution in [2.75, 3.05) is 0 Å². The maximum atomic E-state index is 13.7. The summed E-state index contributed by atoms with van der Waals surface area (Å²) in [5.74, 6) is -0.750. The monoisotopic (exact) mass is 386 g/mol. The summed E-state index contributed by atoms with van der Waals surface area (Å²) in [6, 6.07) is 9.81. The molecule has 0 N–H and O–H groups in total. The van der Waals surface area contributed by atoms with E-state index in [1.807, 2.05) is 44.3 Å². The van der Waals surface area contributed by atoms with Crippen LogP contribution in [0.5, 0.6) is 0 Å². The number of hydrogen-bond donors (Lipinski definition) is 0. The maximum absolute atomic E-state index is 13.7. The molecule has 3 nitrogen and oxygen atoms in total. The number of aromatic nitrogens is 2. The SMILES string of the molecule is Cn1nc2c(c1-c1ccccc1)CCC13CC1(C)C(=O)C(C(F)(F)F)=CC23C. The molecule has 1 aromatic carbocycles. The van der Waals surface area contributed by atoms with Crippen molar-refractivity contribution in [2.45, 2.75) is 44.7 Å². The van der Waals surface area contributed by atoms with Crippen LogP contribution in [0, 0.1) is 10.8 Å². The second-order valence-electron chi connectivity index (χ2n) is 8.84. The summed E-state index contributed by atoms with van der Waals surface area (Å²) in [4.78, 5) is 12.7. The zero-order chi connectivity index (χ0) is 20.1. The Balaban J connectivity index is 1.77. The first-order valence-electron chi connectivity index (χ1n) is 9.52. The van der Waals surface area contributed by atoms with E-state index in [1.54, 1.807) is 11.6 Å². The molecule has 1 saturated carbocycles. The van der Waals surface area contributed by atoms with Crippen molar-refractivity contribution in [3.63, 3.8) is 0 Å². The van der Waals surface area contributed by atoms with E-state index in [4.69, 9.17) is 5.10 Å². The van der Waals surface area contributed by atoms with Crippen molar-refractivity contribution in [3.05, 3.63) is 53.2 Å². The fourth-order valence-corrected chi connectivity index (χ4v) is 6.05. The Morgan fingerprint density at radius 2 is 1.82 bits per heavy atom. The molecule has 1 fully saturated rings. The number of Topliss-reactive ketones (excluding diaryl/α,β-unsaturated/α-hetero) is 1. The summed E-state index contributed by atoms with van der Waals surface area (Å²) in [6.07, 6.45) is -1.55. The number of hydrogen-bond acceptors (Lipinski definition) is 2. The fourth-order valence-electron chi connectivity index (χ4n) is 6.05. The number of nitrogens with zero attached hydrogens (tertiary/aromatic N) is 2. The van der Waals surface area contributed by atoms with Crippen LogP contribution >= 0.6 is 0 Å². The van der Waals surface area contributed by atoms with Gasteiger partial charge in [0.2, 0.25) is 0 Å².